The average Bonchev–Trinajstić information content (AvgIpc) is 2.34. The van der Waals surface area contributed by atoms with Crippen molar-refractivity contribution in [2.24, 2.45) is 0 Å². The third kappa shape index (κ3) is 5.04. The number of nitrogens with one attached hydrogen (secondary N) is 1. The highest BCUT2D eigenvalue weighted by Crippen LogP contribution is 2.21. The van der Waals surface area contributed by atoms with Crippen LogP contribution in [0.1, 0.15) is 25.5 Å². The predicted octanol–water partition coefficient (Wildman–Crippen LogP) is 2.39. The van der Waals surface area contributed by atoms with Gasteiger partial charge in [0.05, 0.1) is 12.7 Å². The molecule has 3 nitrogen and oxygen atoms in total. The number of aliphatic hydroxyl groups is 1. The highest BCUT2D eigenvalue weighted by molar-refractivity contribution is 6.31. The summed E-state index contributed by atoms with van der Waals surface area (Å²) in [5.74, 6) is 0. The molecule has 1 aromatic carbocycles. The lowest BCUT2D eigenvalue weighted by atomic mass is 10.1. The number of aliphatic hydroxyl groups excluding tert-OH is 1. The van der Waals surface area contributed by atoms with E-state index in [1.54, 1.807) is 6.07 Å². The van der Waals surface area contributed by atoms with Crippen molar-refractivity contribution in [3.05, 3.63) is 34.9 Å². The predicted molar refractivity (Wildman–Crippen MR) is 70.4 cm³/mol. The third-order valence-corrected chi connectivity index (χ3v) is 2.84. The lowest BCUT2D eigenvalue weighted by molar-refractivity contribution is 0.116. The van der Waals surface area contributed by atoms with E-state index in [9.17, 15) is 5.11 Å². The first-order valence-electron chi connectivity index (χ1n) is 5.88. The number of rotatable bonds is 7. The van der Waals surface area contributed by atoms with Gasteiger partial charge in [-0.05, 0) is 19.9 Å². The first-order chi connectivity index (χ1) is 8.15. The number of halogens is 1. The molecule has 0 aliphatic rings. The minimum Gasteiger partial charge on any atom is -0.387 e. The van der Waals surface area contributed by atoms with Gasteiger partial charge in [0, 0.05) is 29.8 Å². The summed E-state index contributed by atoms with van der Waals surface area (Å²) in [4.78, 5) is 0. The molecule has 0 aromatic heterocycles. The van der Waals surface area contributed by atoms with Crippen molar-refractivity contribution in [2.45, 2.75) is 26.0 Å². The monoisotopic (exact) mass is 257 g/mol. The molecule has 4 heteroatoms. The van der Waals surface area contributed by atoms with E-state index in [4.69, 9.17) is 16.3 Å². The summed E-state index contributed by atoms with van der Waals surface area (Å²) in [6, 6.07) is 7.55. The standard InChI is InChI=1S/C13H20ClNO2/c1-3-17-9-10(2)15-8-13(16)11-6-4-5-7-12(11)14/h4-7,10,13,15-16H,3,8-9H2,1-2H3. The zero-order chi connectivity index (χ0) is 12.7. The van der Waals surface area contributed by atoms with Crippen molar-refractivity contribution in [3.63, 3.8) is 0 Å². The molecule has 2 unspecified atom stereocenters. The van der Waals surface area contributed by atoms with E-state index in [0.717, 1.165) is 5.56 Å². The van der Waals surface area contributed by atoms with Crippen LogP contribution in [0.25, 0.3) is 0 Å². The topological polar surface area (TPSA) is 41.5 Å². The van der Waals surface area contributed by atoms with E-state index < -0.39 is 6.10 Å². The first kappa shape index (κ1) is 14.5. The van der Waals surface area contributed by atoms with Crippen molar-refractivity contribution in [3.8, 4) is 0 Å². The molecule has 2 atom stereocenters. The normalized spacial score (nSPS) is 14.6. The minimum atomic E-state index is -0.590. The molecule has 1 aromatic rings. The number of hydrogen-bond acceptors (Lipinski definition) is 3. The summed E-state index contributed by atoms with van der Waals surface area (Å²) < 4.78 is 5.29. The molecule has 0 bridgehead atoms. The molecule has 0 amide bonds. The fraction of sp³-hybridized carbons (Fsp3) is 0.538. The molecule has 0 fully saturated rings. The second-order valence-electron chi connectivity index (χ2n) is 4.01. The summed E-state index contributed by atoms with van der Waals surface area (Å²) in [7, 11) is 0. The quantitative estimate of drug-likeness (QED) is 0.788. The van der Waals surface area contributed by atoms with Crippen molar-refractivity contribution >= 4 is 11.6 Å². The van der Waals surface area contributed by atoms with Crippen LogP contribution >= 0.6 is 11.6 Å². The van der Waals surface area contributed by atoms with Crippen LogP contribution in [0, 0.1) is 0 Å². The maximum atomic E-state index is 9.99. The molecule has 0 radical (unpaired) electrons. The molecule has 0 heterocycles. The summed E-state index contributed by atoms with van der Waals surface area (Å²) >= 11 is 6.01. The Bertz CT molecular complexity index is 333. The Morgan fingerprint density at radius 1 is 1.41 bits per heavy atom. The van der Waals surface area contributed by atoms with E-state index >= 15 is 0 Å². The highest BCUT2D eigenvalue weighted by Gasteiger charge is 2.11. The molecule has 0 aliphatic heterocycles. The molecule has 0 aliphatic carbocycles. The second-order valence-corrected chi connectivity index (χ2v) is 4.41. The number of hydrogen-bond donors (Lipinski definition) is 2. The van der Waals surface area contributed by atoms with Gasteiger partial charge in [-0.15, -0.1) is 0 Å². The fourth-order valence-corrected chi connectivity index (χ4v) is 1.78. The molecule has 0 spiro atoms. The smallest absolute Gasteiger partial charge is 0.0928 e. The van der Waals surface area contributed by atoms with Crippen molar-refractivity contribution in [1.29, 1.82) is 0 Å². The largest absolute Gasteiger partial charge is 0.387 e. The van der Waals surface area contributed by atoms with E-state index in [0.29, 0.717) is 24.8 Å². The third-order valence-electron chi connectivity index (χ3n) is 2.50. The highest BCUT2D eigenvalue weighted by atomic mass is 35.5. The maximum absolute atomic E-state index is 9.99. The second kappa shape index (κ2) is 7.67. The Kier molecular flexibility index (Phi) is 6.52. The first-order valence-corrected chi connectivity index (χ1v) is 6.26. The molecule has 2 N–H and O–H groups in total. The Labute approximate surface area is 108 Å². The lowest BCUT2D eigenvalue weighted by Crippen LogP contribution is -2.34. The Morgan fingerprint density at radius 3 is 2.76 bits per heavy atom. The van der Waals surface area contributed by atoms with Gasteiger partial charge in [0.15, 0.2) is 0 Å². The van der Waals surface area contributed by atoms with Crippen LogP contribution in [0.2, 0.25) is 5.02 Å². The van der Waals surface area contributed by atoms with Gasteiger partial charge in [0.2, 0.25) is 0 Å². The van der Waals surface area contributed by atoms with Crippen molar-refractivity contribution in [2.75, 3.05) is 19.8 Å². The van der Waals surface area contributed by atoms with Gasteiger partial charge < -0.3 is 15.2 Å². The van der Waals surface area contributed by atoms with Gasteiger partial charge in [-0.3, -0.25) is 0 Å². The van der Waals surface area contributed by atoms with Gasteiger partial charge >= 0.3 is 0 Å². The Morgan fingerprint density at radius 2 is 2.12 bits per heavy atom. The van der Waals surface area contributed by atoms with Crippen LogP contribution in [0.15, 0.2) is 24.3 Å². The van der Waals surface area contributed by atoms with Crippen LogP contribution in [-0.2, 0) is 4.74 Å². The molecular weight excluding hydrogens is 238 g/mol. The van der Waals surface area contributed by atoms with Crippen LogP contribution in [-0.4, -0.2) is 30.9 Å². The van der Waals surface area contributed by atoms with Crippen LogP contribution < -0.4 is 5.32 Å². The zero-order valence-corrected chi connectivity index (χ0v) is 11.1. The van der Waals surface area contributed by atoms with Gasteiger partial charge in [0.25, 0.3) is 0 Å². The van der Waals surface area contributed by atoms with Crippen LogP contribution in [0.5, 0.6) is 0 Å². The zero-order valence-electron chi connectivity index (χ0n) is 10.3. The van der Waals surface area contributed by atoms with Gasteiger partial charge in [-0.2, -0.15) is 0 Å². The van der Waals surface area contributed by atoms with Crippen LogP contribution in [0.4, 0.5) is 0 Å². The Balaban J connectivity index is 2.39. The average molecular weight is 258 g/mol. The SMILES string of the molecule is CCOCC(C)NCC(O)c1ccccc1Cl. The number of ether oxygens (including phenoxy) is 1. The van der Waals surface area contributed by atoms with Crippen LogP contribution in [0.3, 0.4) is 0 Å². The molecule has 17 heavy (non-hydrogen) atoms. The van der Waals surface area contributed by atoms with E-state index in [-0.39, 0.29) is 6.04 Å². The van der Waals surface area contributed by atoms with Crippen molar-refractivity contribution < 1.29 is 9.84 Å². The summed E-state index contributed by atoms with van der Waals surface area (Å²) in [6.45, 7) is 5.81. The van der Waals surface area contributed by atoms with Gasteiger partial charge in [-0.25, -0.2) is 0 Å². The molecule has 1 rings (SSSR count). The Hall–Kier alpha value is -0.610. The summed E-state index contributed by atoms with van der Waals surface area (Å²) in [5.41, 5.74) is 0.755. The van der Waals surface area contributed by atoms with E-state index in [1.807, 2.05) is 32.0 Å². The van der Waals surface area contributed by atoms with Gasteiger partial charge in [0.1, 0.15) is 0 Å². The van der Waals surface area contributed by atoms with Gasteiger partial charge in [-0.1, -0.05) is 29.8 Å². The minimum absolute atomic E-state index is 0.215. The molecular formula is C13H20ClNO2. The van der Waals surface area contributed by atoms with E-state index in [1.165, 1.54) is 0 Å². The lowest BCUT2D eigenvalue weighted by Gasteiger charge is -2.17. The molecule has 0 saturated heterocycles. The molecule has 0 saturated carbocycles. The molecule has 96 valence electrons. The number of benzene rings is 1. The van der Waals surface area contributed by atoms with E-state index in [2.05, 4.69) is 5.32 Å². The fourth-order valence-electron chi connectivity index (χ4n) is 1.52. The summed E-state index contributed by atoms with van der Waals surface area (Å²) in [6.07, 6.45) is -0.590. The summed E-state index contributed by atoms with van der Waals surface area (Å²) in [5, 5.41) is 13.8. The van der Waals surface area contributed by atoms with Crippen molar-refractivity contribution in [1.82, 2.24) is 5.32 Å². The maximum Gasteiger partial charge on any atom is 0.0928 e.